The van der Waals surface area contributed by atoms with E-state index in [2.05, 4.69) is 36.9 Å². The first-order valence-corrected chi connectivity index (χ1v) is 6.48. The number of hydrogen-bond donors (Lipinski definition) is 2. The van der Waals surface area contributed by atoms with Gasteiger partial charge in [-0.3, -0.25) is 0 Å². The molecule has 0 bridgehead atoms. The molecule has 1 saturated heterocycles. The van der Waals surface area contributed by atoms with Crippen molar-refractivity contribution in [2.45, 2.75) is 32.9 Å². The van der Waals surface area contributed by atoms with E-state index in [1.807, 2.05) is 0 Å². The number of quaternary nitrogens is 2. The fourth-order valence-electron chi connectivity index (χ4n) is 2.53. The van der Waals surface area contributed by atoms with Crippen LogP contribution in [0.4, 0.5) is 0 Å². The van der Waals surface area contributed by atoms with Crippen molar-refractivity contribution in [3.63, 3.8) is 0 Å². The average Bonchev–Trinajstić information content (AvgIpc) is 2.32. The summed E-state index contributed by atoms with van der Waals surface area (Å²) in [6.45, 7) is 7.16. The summed E-state index contributed by atoms with van der Waals surface area (Å²) in [5.41, 5.74) is 6.79. The number of rotatable bonds is 3. The Morgan fingerprint density at radius 2 is 1.94 bits per heavy atom. The van der Waals surface area contributed by atoms with E-state index in [0.717, 1.165) is 12.5 Å². The van der Waals surface area contributed by atoms with Gasteiger partial charge in [-0.1, -0.05) is 25.1 Å². The van der Waals surface area contributed by atoms with E-state index in [0.29, 0.717) is 0 Å². The molecule has 0 saturated carbocycles. The monoisotopic (exact) mass is 220 g/mol. The highest BCUT2D eigenvalue weighted by Gasteiger charge is 2.18. The van der Waals surface area contributed by atoms with Gasteiger partial charge in [0.1, 0.15) is 6.54 Å². The lowest BCUT2D eigenvalue weighted by Crippen LogP contribution is -3.11. The van der Waals surface area contributed by atoms with Gasteiger partial charge < -0.3 is 10.6 Å². The van der Waals surface area contributed by atoms with Crippen LogP contribution in [0.25, 0.3) is 0 Å². The molecule has 0 spiro atoms. The Bertz CT molecular complexity index is 327. The van der Waals surface area contributed by atoms with Crippen LogP contribution in [0, 0.1) is 5.92 Å². The Balaban J connectivity index is 1.93. The Kier molecular flexibility index (Phi) is 3.97. The minimum Gasteiger partial charge on any atom is -0.354 e. The predicted octanol–water partition coefficient (Wildman–Crippen LogP) is 0.243. The SMILES string of the molecule is CC1CC[NH+](Cc2cccc(C[NH3+])c2)CC1. The third-order valence-electron chi connectivity index (χ3n) is 3.72. The zero-order valence-corrected chi connectivity index (χ0v) is 10.3. The number of benzene rings is 1. The Labute approximate surface area is 98.4 Å². The molecule has 2 nitrogen and oxygen atoms in total. The minimum absolute atomic E-state index is 0.903. The molecular weight excluding hydrogens is 196 g/mol. The van der Waals surface area contributed by atoms with Crippen molar-refractivity contribution in [1.29, 1.82) is 0 Å². The van der Waals surface area contributed by atoms with Crippen molar-refractivity contribution in [2.75, 3.05) is 13.1 Å². The van der Waals surface area contributed by atoms with Gasteiger partial charge >= 0.3 is 0 Å². The van der Waals surface area contributed by atoms with E-state index in [9.17, 15) is 0 Å². The highest BCUT2D eigenvalue weighted by Crippen LogP contribution is 2.08. The fourth-order valence-corrected chi connectivity index (χ4v) is 2.53. The van der Waals surface area contributed by atoms with Gasteiger partial charge in [0.15, 0.2) is 0 Å². The molecule has 0 unspecified atom stereocenters. The minimum atomic E-state index is 0.903. The number of piperidine rings is 1. The molecule has 0 aliphatic carbocycles. The third kappa shape index (κ3) is 3.06. The Hall–Kier alpha value is -0.860. The van der Waals surface area contributed by atoms with Crippen molar-refractivity contribution in [3.05, 3.63) is 35.4 Å². The molecule has 0 amide bonds. The van der Waals surface area contributed by atoms with Crippen LogP contribution >= 0.6 is 0 Å². The van der Waals surface area contributed by atoms with Crippen LogP contribution in [-0.4, -0.2) is 13.1 Å². The van der Waals surface area contributed by atoms with Crippen LogP contribution in [0.15, 0.2) is 24.3 Å². The molecule has 1 aromatic rings. The zero-order valence-electron chi connectivity index (χ0n) is 10.3. The molecule has 88 valence electrons. The quantitative estimate of drug-likeness (QED) is 0.732. The standard InChI is InChI=1S/C14H22N2/c1-12-5-7-16(8-6-12)11-14-4-2-3-13(9-14)10-15/h2-4,9,12H,5-8,10-11,15H2,1H3/p+2. The van der Waals surface area contributed by atoms with Gasteiger partial charge in [-0.25, -0.2) is 0 Å². The van der Waals surface area contributed by atoms with E-state index in [1.54, 1.807) is 4.90 Å². The zero-order chi connectivity index (χ0) is 11.4. The highest BCUT2D eigenvalue weighted by molar-refractivity contribution is 5.21. The van der Waals surface area contributed by atoms with Gasteiger partial charge in [-0.2, -0.15) is 0 Å². The Morgan fingerprint density at radius 3 is 2.62 bits per heavy atom. The predicted molar refractivity (Wildman–Crippen MR) is 65.8 cm³/mol. The topological polar surface area (TPSA) is 32.1 Å². The summed E-state index contributed by atoms with van der Waals surface area (Å²) in [6, 6.07) is 8.91. The molecule has 0 aromatic heterocycles. The first kappa shape index (κ1) is 11.6. The molecule has 1 aliphatic rings. The number of hydrogen-bond acceptors (Lipinski definition) is 0. The van der Waals surface area contributed by atoms with Crippen LogP contribution < -0.4 is 10.6 Å². The Morgan fingerprint density at radius 1 is 1.25 bits per heavy atom. The second kappa shape index (κ2) is 5.46. The normalized spacial score (nSPS) is 25.6. The van der Waals surface area contributed by atoms with Crippen molar-refractivity contribution in [1.82, 2.24) is 0 Å². The van der Waals surface area contributed by atoms with E-state index in [4.69, 9.17) is 0 Å². The smallest absolute Gasteiger partial charge is 0.103 e. The number of likely N-dealkylation sites (tertiary alicyclic amines) is 1. The lowest BCUT2D eigenvalue weighted by atomic mass is 9.98. The van der Waals surface area contributed by atoms with Crippen molar-refractivity contribution in [3.8, 4) is 0 Å². The molecule has 1 aromatic carbocycles. The van der Waals surface area contributed by atoms with Gasteiger partial charge in [0, 0.05) is 11.1 Å². The first-order valence-electron chi connectivity index (χ1n) is 6.48. The van der Waals surface area contributed by atoms with Crippen molar-refractivity contribution >= 4 is 0 Å². The lowest BCUT2D eigenvalue weighted by Gasteiger charge is -2.27. The summed E-state index contributed by atoms with van der Waals surface area (Å²) in [5.74, 6) is 0.940. The maximum absolute atomic E-state index is 3.95. The summed E-state index contributed by atoms with van der Waals surface area (Å²) in [5, 5.41) is 0. The maximum atomic E-state index is 3.95. The molecule has 0 atom stereocenters. The van der Waals surface area contributed by atoms with Crippen LogP contribution in [0.5, 0.6) is 0 Å². The van der Waals surface area contributed by atoms with Gasteiger partial charge in [-0.05, 0) is 24.8 Å². The molecule has 1 aliphatic heterocycles. The van der Waals surface area contributed by atoms with Gasteiger partial charge in [0.25, 0.3) is 0 Å². The summed E-state index contributed by atoms with van der Waals surface area (Å²) in [4.78, 5) is 1.75. The average molecular weight is 220 g/mol. The van der Waals surface area contributed by atoms with Crippen LogP contribution in [0.1, 0.15) is 30.9 Å². The molecule has 2 heteroatoms. The molecular formula is C14H24N2+2. The van der Waals surface area contributed by atoms with E-state index in [1.165, 1.54) is 43.6 Å². The summed E-state index contributed by atoms with van der Waals surface area (Å²) < 4.78 is 0. The van der Waals surface area contributed by atoms with Crippen LogP contribution in [-0.2, 0) is 13.1 Å². The summed E-state index contributed by atoms with van der Waals surface area (Å²) >= 11 is 0. The second-order valence-electron chi connectivity index (χ2n) is 5.18. The lowest BCUT2D eigenvalue weighted by molar-refractivity contribution is -0.919. The third-order valence-corrected chi connectivity index (χ3v) is 3.72. The van der Waals surface area contributed by atoms with E-state index < -0.39 is 0 Å². The van der Waals surface area contributed by atoms with E-state index in [-0.39, 0.29) is 0 Å². The van der Waals surface area contributed by atoms with Crippen molar-refractivity contribution < 1.29 is 10.6 Å². The van der Waals surface area contributed by atoms with Gasteiger partial charge in [0.2, 0.25) is 0 Å². The largest absolute Gasteiger partial charge is 0.354 e. The van der Waals surface area contributed by atoms with Crippen molar-refractivity contribution in [2.24, 2.45) is 5.92 Å². The number of nitrogens with one attached hydrogen (secondary N) is 1. The molecule has 16 heavy (non-hydrogen) atoms. The summed E-state index contributed by atoms with van der Waals surface area (Å²) in [6.07, 6.45) is 2.79. The molecule has 1 heterocycles. The maximum Gasteiger partial charge on any atom is 0.103 e. The molecule has 2 rings (SSSR count). The molecule has 4 N–H and O–H groups in total. The fraction of sp³-hybridized carbons (Fsp3) is 0.571. The van der Waals surface area contributed by atoms with E-state index >= 15 is 0 Å². The summed E-state index contributed by atoms with van der Waals surface area (Å²) in [7, 11) is 0. The van der Waals surface area contributed by atoms with Gasteiger partial charge in [0.05, 0.1) is 19.6 Å². The van der Waals surface area contributed by atoms with Gasteiger partial charge in [-0.15, -0.1) is 0 Å². The second-order valence-corrected chi connectivity index (χ2v) is 5.18. The molecule has 0 radical (unpaired) electrons. The first-order chi connectivity index (χ1) is 7.78. The molecule has 1 fully saturated rings. The van der Waals surface area contributed by atoms with Crippen LogP contribution in [0.3, 0.4) is 0 Å². The van der Waals surface area contributed by atoms with Crippen LogP contribution in [0.2, 0.25) is 0 Å². The highest BCUT2D eigenvalue weighted by atomic mass is 15.1.